The number of aromatic nitrogens is 1. The first kappa shape index (κ1) is 12.6. The molecule has 1 heterocycles. The van der Waals surface area contributed by atoms with Gasteiger partial charge in [0.05, 0.1) is 18.9 Å². The molecule has 1 aromatic rings. The van der Waals surface area contributed by atoms with Crippen molar-refractivity contribution in [2.75, 3.05) is 30.8 Å². The minimum Gasteiger partial charge on any atom is -0.476 e. The fourth-order valence-corrected chi connectivity index (χ4v) is 1.09. The third-order valence-corrected chi connectivity index (χ3v) is 1.86. The number of aliphatic hydroxyl groups is 1. The zero-order valence-electron chi connectivity index (χ0n) is 9.73. The fraction of sp³-hybridized carbons (Fsp3) is 0.545. The molecule has 0 fully saturated rings. The quantitative estimate of drug-likeness (QED) is 0.675. The van der Waals surface area contributed by atoms with Crippen molar-refractivity contribution in [3.8, 4) is 5.88 Å². The van der Waals surface area contributed by atoms with Crippen LogP contribution in [0.15, 0.2) is 12.1 Å². The summed E-state index contributed by atoms with van der Waals surface area (Å²) < 4.78 is 5.48. The standard InChI is InChI=1S/C11H19N3O2/c1-8(2)7-16-11-9(12)3-4-10(14-11)13-5-6-15/h3-4,8,15H,5-7,12H2,1-2H3,(H,13,14). The van der Waals surface area contributed by atoms with E-state index in [1.54, 1.807) is 12.1 Å². The molecule has 0 aromatic carbocycles. The molecule has 90 valence electrons. The van der Waals surface area contributed by atoms with Crippen molar-refractivity contribution in [3.63, 3.8) is 0 Å². The predicted molar refractivity (Wildman–Crippen MR) is 64.6 cm³/mol. The van der Waals surface area contributed by atoms with Gasteiger partial charge in [-0.3, -0.25) is 0 Å². The van der Waals surface area contributed by atoms with Crippen LogP contribution in [0.25, 0.3) is 0 Å². The lowest BCUT2D eigenvalue weighted by Crippen LogP contribution is -2.10. The average Bonchev–Trinajstić information content (AvgIpc) is 2.26. The Bertz CT molecular complexity index is 329. The summed E-state index contributed by atoms with van der Waals surface area (Å²) in [5, 5.41) is 11.6. The van der Waals surface area contributed by atoms with E-state index in [0.717, 1.165) is 0 Å². The van der Waals surface area contributed by atoms with Crippen LogP contribution in [0.1, 0.15) is 13.8 Å². The number of aliphatic hydroxyl groups excluding tert-OH is 1. The molecule has 0 aliphatic heterocycles. The molecule has 0 bridgehead atoms. The molecule has 0 atom stereocenters. The molecule has 0 amide bonds. The molecule has 0 saturated heterocycles. The van der Waals surface area contributed by atoms with Gasteiger partial charge in [0.15, 0.2) is 0 Å². The van der Waals surface area contributed by atoms with Crippen LogP contribution in [0.3, 0.4) is 0 Å². The van der Waals surface area contributed by atoms with Crippen LogP contribution in [0, 0.1) is 5.92 Å². The van der Waals surface area contributed by atoms with Crippen molar-refractivity contribution < 1.29 is 9.84 Å². The number of hydrogen-bond donors (Lipinski definition) is 3. The Morgan fingerprint density at radius 2 is 2.25 bits per heavy atom. The highest BCUT2D eigenvalue weighted by Crippen LogP contribution is 2.21. The second-order valence-corrected chi connectivity index (χ2v) is 3.95. The summed E-state index contributed by atoms with van der Waals surface area (Å²) in [6.07, 6.45) is 0. The number of ether oxygens (including phenoxy) is 1. The fourth-order valence-electron chi connectivity index (χ4n) is 1.09. The number of rotatable bonds is 6. The highest BCUT2D eigenvalue weighted by molar-refractivity contribution is 5.53. The first-order chi connectivity index (χ1) is 7.63. The van der Waals surface area contributed by atoms with Crippen molar-refractivity contribution in [2.24, 2.45) is 5.92 Å². The topological polar surface area (TPSA) is 80.4 Å². The van der Waals surface area contributed by atoms with E-state index in [9.17, 15) is 0 Å². The van der Waals surface area contributed by atoms with Crippen molar-refractivity contribution in [2.45, 2.75) is 13.8 Å². The summed E-state index contributed by atoms with van der Waals surface area (Å²) in [6, 6.07) is 3.50. The Morgan fingerprint density at radius 1 is 1.50 bits per heavy atom. The second kappa shape index (κ2) is 6.17. The minimum atomic E-state index is 0.0637. The molecule has 0 spiro atoms. The lowest BCUT2D eigenvalue weighted by molar-refractivity contribution is 0.263. The monoisotopic (exact) mass is 225 g/mol. The number of hydrogen-bond acceptors (Lipinski definition) is 5. The minimum absolute atomic E-state index is 0.0637. The number of nitrogens with one attached hydrogen (secondary N) is 1. The number of pyridine rings is 1. The zero-order chi connectivity index (χ0) is 12.0. The number of nitrogen functional groups attached to an aromatic ring is 1. The van der Waals surface area contributed by atoms with E-state index in [4.69, 9.17) is 15.6 Å². The van der Waals surface area contributed by atoms with Gasteiger partial charge in [-0.2, -0.15) is 4.98 Å². The zero-order valence-corrected chi connectivity index (χ0v) is 9.73. The SMILES string of the molecule is CC(C)COc1nc(NCCO)ccc1N. The van der Waals surface area contributed by atoms with E-state index in [0.29, 0.717) is 36.5 Å². The van der Waals surface area contributed by atoms with Crippen molar-refractivity contribution in [3.05, 3.63) is 12.1 Å². The van der Waals surface area contributed by atoms with Crippen molar-refractivity contribution in [1.82, 2.24) is 4.98 Å². The summed E-state index contributed by atoms with van der Waals surface area (Å²) >= 11 is 0. The number of anilines is 2. The van der Waals surface area contributed by atoms with Gasteiger partial charge in [0.1, 0.15) is 5.82 Å². The van der Waals surface area contributed by atoms with Gasteiger partial charge in [0, 0.05) is 6.54 Å². The molecule has 4 N–H and O–H groups in total. The van der Waals surface area contributed by atoms with Gasteiger partial charge >= 0.3 is 0 Å². The van der Waals surface area contributed by atoms with E-state index in [1.165, 1.54) is 0 Å². The number of nitrogens with two attached hydrogens (primary N) is 1. The first-order valence-electron chi connectivity index (χ1n) is 5.37. The van der Waals surface area contributed by atoms with Crippen LogP contribution in [0.4, 0.5) is 11.5 Å². The van der Waals surface area contributed by atoms with Crippen LogP contribution in [-0.4, -0.2) is 29.8 Å². The van der Waals surface area contributed by atoms with Gasteiger partial charge in [-0.25, -0.2) is 0 Å². The molecular formula is C11H19N3O2. The molecule has 5 heteroatoms. The Kier molecular flexibility index (Phi) is 4.85. The third kappa shape index (κ3) is 3.94. The van der Waals surface area contributed by atoms with E-state index < -0.39 is 0 Å². The summed E-state index contributed by atoms with van der Waals surface area (Å²) in [5.41, 5.74) is 6.26. The van der Waals surface area contributed by atoms with Crippen molar-refractivity contribution in [1.29, 1.82) is 0 Å². The molecule has 5 nitrogen and oxygen atoms in total. The second-order valence-electron chi connectivity index (χ2n) is 3.95. The van der Waals surface area contributed by atoms with Gasteiger partial charge in [-0.1, -0.05) is 13.8 Å². The Hall–Kier alpha value is -1.49. The Balaban J connectivity index is 2.66. The molecule has 1 rings (SSSR count). The summed E-state index contributed by atoms with van der Waals surface area (Å²) in [5.74, 6) is 1.52. The molecule has 0 aliphatic rings. The summed E-state index contributed by atoms with van der Waals surface area (Å²) in [7, 11) is 0. The van der Waals surface area contributed by atoms with E-state index >= 15 is 0 Å². The Labute approximate surface area is 95.6 Å². The van der Waals surface area contributed by atoms with E-state index in [-0.39, 0.29) is 6.61 Å². The maximum Gasteiger partial charge on any atom is 0.239 e. The molecule has 0 aliphatic carbocycles. The lowest BCUT2D eigenvalue weighted by atomic mass is 10.2. The highest BCUT2D eigenvalue weighted by Gasteiger charge is 2.05. The predicted octanol–water partition coefficient (Wildman–Crippen LogP) is 1.10. The van der Waals surface area contributed by atoms with Gasteiger partial charge in [0.25, 0.3) is 0 Å². The van der Waals surface area contributed by atoms with Gasteiger partial charge in [-0.15, -0.1) is 0 Å². The van der Waals surface area contributed by atoms with Gasteiger partial charge in [-0.05, 0) is 18.1 Å². The van der Waals surface area contributed by atoms with E-state index in [1.807, 2.05) is 0 Å². The van der Waals surface area contributed by atoms with Crippen LogP contribution in [0.5, 0.6) is 5.88 Å². The lowest BCUT2D eigenvalue weighted by Gasteiger charge is -2.11. The van der Waals surface area contributed by atoms with Gasteiger partial charge < -0.3 is 20.9 Å². The highest BCUT2D eigenvalue weighted by atomic mass is 16.5. The van der Waals surface area contributed by atoms with E-state index in [2.05, 4.69) is 24.1 Å². The molecule has 16 heavy (non-hydrogen) atoms. The Morgan fingerprint density at radius 3 is 2.88 bits per heavy atom. The largest absolute Gasteiger partial charge is 0.476 e. The third-order valence-electron chi connectivity index (χ3n) is 1.86. The molecule has 1 aromatic heterocycles. The molecule has 0 saturated carbocycles. The normalized spacial score (nSPS) is 10.5. The maximum atomic E-state index is 8.68. The van der Waals surface area contributed by atoms with Crippen molar-refractivity contribution >= 4 is 11.5 Å². The van der Waals surface area contributed by atoms with Gasteiger partial charge in [0.2, 0.25) is 5.88 Å². The first-order valence-corrected chi connectivity index (χ1v) is 5.37. The molecular weight excluding hydrogens is 206 g/mol. The smallest absolute Gasteiger partial charge is 0.239 e. The van der Waals surface area contributed by atoms with Crippen LogP contribution in [0.2, 0.25) is 0 Å². The average molecular weight is 225 g/mol. The molecule has 0 radical (unpaired) electrons. The van der Waals surface area contributed by atoms with Crippen LogP contribution in [-0.2, 0) is 0 Å². The molecule has 0 unspecified atom stereocenters. The van der Waals surface area contributed by atoms with Crippen LogP contribution >= 0.6 is 0 Å². The number of nitrogens with zero attached hydrogens (tertiary/aromatic N) is 1. The summed E-state index contributed by atoms with van der Waals surface area (Å²) in [4.78, 5) is 4.21. The van der Waals surface area contributed by atoms with Crippen LogP contribution < -0.4 is 15.8 Å². The summed E-state index contributed by atoms with van der Waals surface area (Å²) in [6.45, 7) is 5.23. The maximum absolute atomic E-state index is 8.68.